The van der Waals surface area contributed by atoms with Crippen LogP contribution in [0.5, 0.6) is 0 Å². The predicted octanol–water partition coefficient (Wildman–Crippen LogP) is 2.62. The largest absolute Gasteiger partial charge is 0.310 e. The van der Waals surface area contributed by atoms with Gasteiger partial charge in [-0.1, -0.05) is 6.92 Å². The van der Waals surface area contributed by atoms with Gasteiger partial charge >= 0.3 is 0 Å². The standard InChI is InChI=1S/C10H14BrNOS/c1-2-4-12-7-8(13)6-10-9(11)3-5-14-10/h3,5,12H,2,4,6-7H2,1H3. The quantitative estimate of drug-likeness (QED) is 0.809. The van der Waals surface area contributed by atoms with Crippen LogP contribution in [-0.4, -0.2) is 18.9 Å². The van der Waals surface area contributed by atoms with Crippen molar-refractivity contribution in [3.05, 3.63) is 20.8 Å². The van der Waals surface area contributed by atoms with E-state index in [0.29, 0.717) is 13.0 Å². The first kappa shape index (κ1) is 11.9. The van der Waals surface area contributed by atoms with Gasteiger partial charge in [-0.15, -0.1) is 11.3 Å². The van der Waals surface area contributed by atoms with Crippen molar-refractivity contribution in [1.82, 2.24) is 5.32 Å². The van der Waals surface area contributed by atoms with Gasteiger partial charge in [0.1, 0.15) is 0 Å². The second-order valence-electron chi connectivity index (χ2n) is 3.08. The average Bonchev–Trinajstić information content (AvgIpc) is 2.52. The Morgan fingerprint density at radius 1 is 1.64 bits per heavy atom. The number of rotatable bonds is 6. The van der Waals surface area contributed by atoms with Crippen LogP contribution in [0.2, 0.25) is 0 Å². The van der Waals surface area contributed by atoms with Crippen molar-refractivity contribution in [2.45, 2.75) is 19.8 Å². The molecule has 1 N–H and O–H groups in total. The first-order chi connectivity index (χ1) is 6.74. The topological polar surface area (TPSA) is 29.1 Å². The van der Waals surface area contributed by atoms with Crippen LogP contribution in [-0.2, 0) is 11.2 Å². The van der Waals surface area contributed by atoms with E-state index in [1.54, 1.807) is 11.3 Å². The van der Waals surface area contributed by atoms with E-state index in [1.165, 1.54) is 0 Å². The van der Waals surface area contributed by atoms with E-state index >= 15 is 0 Å². The number of nitrogens with one attached hydrogen (secondary N) is 1. The Morgan fingerprint density at radius 3 is 3.00 bits per heavy atom. The van der Waals surface area contributed by atoms with Crippen molar-refractivity contribution in [2.75, 3.05) is 13.1 Å². The molecule has 0 aromatic carbocycles. The summed E-state index contributed by atoms with van der Waals surface area (Å²) in [5.41, 5.74) is 0. The zero-order valence-corrected chi connectivity index (χ0v) is 10.6. The van der Waals surface area contributed by atoms with E-state index in [1.807, 2.05) is 11.4 Å². The van der Waals surface area contributed by atoms with Gasteiger partial charge in [0.05, 0.1) is 6.54 Å². The van der Waals surface area contributed by atoms with Crippen molar-refractivity contribution in [1.29, 1.82) is 0 Å². The monoisotopic (exact) mass is 275 g/mol. The zero-order chi connectivity index (χ0) is 10.4. The number of hydrogen-bond donors (Lipinski definition) is 1. The molecule has 0 atom stereocenters. The molecule has 0 aliphatic heterocycles. The number of Topliss-reactive ketones (excluding diaryl/α,β-unsaturated/α-hetero) is 1. The summed E-state index contributed by atoms with van der Waals surface area (Å²) < 4.78 is 1.05. The summed E-state index contributed by atoms with van der Waals surface area (Å²) in [5.74, 6) is 0.251. The Balaban J connectivity index is 2.31. The Morgan fingerprint density at radius 2 is 2.43 bits per heavy atom. The maximum absolute atomic E-state index is 11.5. The summed E-state index contributed by atoms with van der Waals surface area (Å²) >= 11 is 5.04. The average molecular weight is 276 g/mol. The van der Waals surface area contributed by atoms with Crippen LogP contribution in [0.25, 0.3) is 0 Å². The van der Waals surface area contributed by atoms with E-state index < -0.39 is 0 Å². The molecule has 0 spiro atoms. The predicted molar refractivity (Wildman–Crippen MR) is 63.9 cm³/mol. The van der Waals surface area contributed by atoms with Gasteiger partial charge in [0.15, 0.2) is 5.78 Å². The lowest BCUT2D eigenvalue weighted by Crippen LogP contribution is -2.24. The van der Waals surface area contributed by atoms with Crippen molar-refractivity contribution in [3.63, 3.8) is 0 Å². The Hall–Kier alpha value is -0.190. The van der Waals surface area contributed by atoms with Crippen LogP contribution >= 0.6 is 27.3 Å². The molecule has 0 radical (unpaired) electrons. The zero-order valence-electron chi connectivity index (χ0n) is 8.18. The molecule has 14 heavy (non-hydrogen) atoms. The minimum absolute atomic E-state index is 0.251. The van der Waals surface area contributed by atoms with Gasteiger partial charge in [0.25, 0.3) is 0 Å². The number of hydrogen-bond acceptors (Lipinski definition) is 3. The lowest BCUT2D eigenvalue weighted by atomic mass is 10.2. The van der Waals surface area contributed by atoms with Crippen LogP contribution in [0.4, 0.5) is 0 Å². The molecular weight excluding hydrogens is 262 g/mol. The minimum atomic E-state index is 0.251. The lowest BCUT2D eigenvalue weighted by molar-refractivity contribution is -0.117. The highest BCUT2D eigenvalue weighted by Gasteiger charge is 2.07. The fourth-order valence-electron chi connectivity index (χ4n) is 1.10. The summed E-state index contributed by atoms with van der Waals surface area (Å²) in [6.45, 7) is 3.49. The molecule has 0 fully saturated rings. The molecule has 0 aliphatic rings. The number of carbonyl (C=O) groups is 1. The molecule has 1 heterocycles. The van der Waals surface area contributed by atoms with Crippen LogP contribution < -0.4 is 5.32 Å². The van der Waals surface area contributed by atoms with Gasteiger partial charge in [0, 0.05) is 15.8 Å². The Kier molecular flexibility index (Phi) is 5.37. The van der Waals surface area contributed by atoms with E-state index in [0.717, 1.165) is 22.3 Å². The number of ketones is 1. The van der Waals surface area contributed by atoms with Crippen LogP contribution in [0.15, 0.2) is 15.9 Å². The normalized spacial score (nSPS) is 10.4. The van der Waals surface area contributed by atoms with Crippen molar-refractivity contribution >= 4 is 33.0 Å². The van der Waals surface area contributed by atoms with E-state index in [9.17, 15) is 4.79 Å². The molecule has 0 saturated heterocycles. The van der Waals surface area contributed by atoms with Gasteiger partial charge in [-0.25, -0.2) is 0 Å². The highest BCUT2D eigenvalue weighted by Crippen LogP contribution is 2.22. The van der Waals surface area contributed by atoms with Crippen molar-refractivity contribution < 1.29 is 4.79 Å². The van der Waals surface area contributed by atoms with Gasteiger partial charge in [-0.3, -0.25) is 4.79 Å². The molecule has 0 bridgehead atoms. The van der Waals surface area contributed by atoms with Gasteiger partial charge in [-0.05, 0) is 40.3 Å². The summed E-state index contributed by atoms with van der Waals surface area (Å²) in [7, 11) is 0. The maximum atomic E-state index is 11.5. The summed E-state index contributed by atoms with van der Waals surface area (Å²) in [6, 6.07) is 1.98. The first-order valence-electron chi connectivity index (χ1n) is 4.68. The van der Waals surface area contributed by atoms with E-state index in [2.05, 4.69) is 28.2 Å². The second kappa shape index (κ2) is 6.32. The van der Waals surface area contributed by atoms with Crippen LogP contribution in [0.1, 0.15) is 18.2 Å². The summed E-state index contributed by atoms with van der Waals surface area (Å²) in [4.78, 5) is 12.6. The highest BCUT2D eigenvalue weighted by atomic mass is 79.9. The molecule has 2 nitrogen and oxygen atoms in total. The maximum Gasteiger partial charge on any atom is 0.151 e. The second-order valence-corrected chi connectivity index (χ2v) is 4.94. The SMILES string of the molecule is CCCNCC(=O)Cc1sccc1Br. The smallest absolute Gasteiger partial charge is 0.151 e. The number of halogens is 1. The van der Waals surface area contributed by atoms with Gasteiger partial charge in [-0.2, -0.15) is 0 Å². The molecule has 1 rings (SSSR count). The third-order valence-corrected chi connectivity index (χ3v) is 3.72. The minimum Gasteiger partial charge on any atom is -0.310 e. The molecule has 78 valence electrons. The third kappa shape index (κ3) is 3.90. The molecular formula is C10H14BrNOS. The molecule has 0 unspecified atom stereocenters. The Bertz CT molecular complexity index is 298. The number of thiophene rings is 1. The molecule has 1 aromatic heterocycles. The fourth-order valence-corrected chi connectivity index (χ4v) is 2.62. The summed E-state index contributed by atoms with van der Waals surface area (Å²) in [6.07, 6.45) is 1.60. The van der Waals surface area contributed by atoms with Gasteiger partial charge < -0.3 is 5.32 Å². The van der Waals surface area contributed by atoms with Gasteiger partial charge in [0.2, 0.25) is 0 Å². The highest BCUT2D eigenvalue weighted by molar-refractivity contribution is 9.10. The van der Waals surface area contributed by atoms with Crippen LogP contribution in [0, 0.1) is 0 Å². The molecule has 0 saturated carbocycles. The number of carbonyl (C=O) groups excluding carboxylic acids is 1. The lowest BCUT2D eigenvalue weighted by Gasteiger charge is -2.01. The fraction of sp³-hybridized carbons (Fsp3) is 0.500. The van der Waals surface area contributed by atoms with Crippen molar-refractivity contribution in [3.8, 4) is 0 Å². The molecule has 0 amide bonds. The first-order valence-corrected chi connectivity index (χ1v) is 6.35. The van der Waals surface area contributed by atoms with Crippen LogP contribution in [0.3, 0.4) is 0 Å². The Labute approximate surface area is 96.8 Å². The third-order valence-electron chi connectivity index (χ3n) is 1.80. The summed E-state index contributed by atoms with van der Waals surface area (Å²) in [5, 5.41) is 5.10. The van der Waals surface area contributed by atoms with E-state index in [-0.39, 0.29) is 5.78 Å². The van der Waals surface area contributed by atoms with E-state index in [4.69, 9.17) is 0 Å². The van der Waals surface area contributed by atoms with Crippen molar-refractivity contribution in [2.24, 2.45) is 0 Å². The molecule has 0 aliphatic carbocycles. The molecule has 1 aromatic rings. The molecule has 4 heteroatoms.